The molecule has 0 spiro atoms. The third-order valence-corrected chi connectivity index (χ3v) is 4.45. The van der Waals surface area contributed by atoms with Gasteiger partial charge in [0.2, 0.25) is 0 Å². The molecule has 2 N–H and O–H groups in total. The summed E-state index contributed by atoms with van der Waals surface area (Å²) in [6.45, 7) is 3.26. The number of rotatable bonds is 2. The molecule has 0 aromatic heterocycles. The summed E-state index contributed by atoms with van der Waals surface area (Å²) in [5.41, 5.74) is 6.22. The minimum Gasteiger partial charge on any atom is -0.373 e. The zero-order valence-electron chi connectivity index (χ0n) is 8.74. The molecule has 0 radical (unpaired) electrons. The molecule has 3 atom stereocenters. The number of ether oxygens (including phenoxy) is 1. The molecule has 3 unspecified atom stereocenters. The quantitative estimate of drug-likeness (QED) is 0.707. The molecule has 3 heterocycles. The van der Waals surface area contributed by atoms with Gasteiger partial charge in [-0.15, -0.1) is 0 Å². The first-order chi connectivity index (χ1) is 6.85. The van der Waals surface area contributed by atoms with Crippen molar-refractivity contribution in [1.29, 1.82) is 0 Å². The standard InChI is InChI=1S/C11H20N2O/c12-8-11(13-6-1-7-13)5-4-9-2-3-10(11)14-9/h9-10H,1-8,12H2. The van der Waals surface area contributed by atoms with E-state index in [1.54, 1.807) is 0 Å². The highest BCUT2D eigenvalue weighted by Gasteiger charge is 2.51. The summed E-state index contributed by atoms with van der Waals surface area (Å²) < 4.78 is 6.04. The molecule has 3 rings (SSSR count). The molecular weight excluding hydrogens is 176 g/mol. The predicted octanol–water partition coefficient (Wildman–Crippen LogP) is 0.731. The second kappa shape index (κ2) is 3.19. The highest BCUT2D eigenvalue weighted by atomic mass is 16.5. The lowest BCUT2D eigenvalue weighted by molar-refractivity contribution is -0.124. The van der Waals surface area contributed by atoms with E-state index in [1.807, 2.05) is 0 Å². The van der Waals surface area contributed by atoms with Crippen LogP contribution in [0.1, 0.15) is 32.1 Å². The molecule has 0 amide bonds. The maximum atomic E-state index is 6.04. The molecule has 2 bridgehead atoms. The van der Waals surface area contributed by atoms with Crippen molar-refractivity contribution in [2.24, 2.45) is 5.73 Å². The van der Waals surface area contributed by atoms with Crippen LogP contribution in [0.5, 0.6) is 0 Å². The average Bonchev–Trinajstić information content (AvgIpc) is 2.52. The van der Waals surface area contributed by atoms with Gasteiger partial charge in [-0.05, 0) is 32.1 Å². The molecule has 14 heavy (non-hydrogen) atoms. The molecule has 3 saturated heterocycles. The lowest BCUT2D eigenvalue weighted by atomic mass is 9.82. The van der Waals surface area contributed by atoms with Gasteiger partial charge in [-0.1, -0.05) is 0 Å². The number of hydrogen-bond donors (Lipinski definition) is 1. The van der Waals surface area contributed by atoms with Crippen LogP contribution in [-0.4, -0.2) is 42.3 Å². The van der Waals surface area contributed by atoms with Crippen LogP contribution in [-0.2, 0) is 4.74 Å². The van der Waals surface area contributed by atoms with E-state index in [4.69, 9.17) is 10.5 Å². The van der Waals surface area contributed by atoms with Crippen LogP contribution < -0.4 is 5.73 Å². The fourth-order valence-electron chi connectivity index (χ4n) is 3.37. The van der Waals surface area contributed by atoms with Crippen molar-refractivity contribution >= 4 is 0 Å². The number of likely N-dealkylation sites (tertiary alicyclic amines) is 1. The molecule has 3 aliphatic rings. The van der Waals surface area contributed by atoms with Gasteiger partial charge >= 0.3 is 0 Å². The van der Waals surface area contributed by atoms with Crippen molar-refractivity contribution in [3.63, 3.8) is 0 Å². The van der Waals surface area contributed by atoms with Crippen LogP contribution in [0.2, 0.25) is 0 Å². The van der Waals surface area contributed by atoms with Crippen molar-refractivity contribution in [2.75, 3.05) is 19.6 Å². The lowest BCUT2D eigenvalue weighted by Crippen LogP contribution is -2.66. The summed E-state index contributed by atoms with van der Waals surface area (Å²) in [5, 5.41) is 0. The predicted molar refractivity (Wildman–Crippen MR) is 55.1 cm³/mol. The highest BCUT2D eigenvalue weighted by Crippen LogP contribution is 2.43. The van der Waals surface area contributed by atoms with E-state index in [9.17, 15) is 0 Å². The number of hydrogen-bond acceptors (Lipinski definition) is 3. The molecular formula is C11H20N2O. The van der Waals surface area contributed by atoms with Gasteiger partial charge in [-0.2, -0.15) is 0 Å². The van der Waals surface area contributed by atoms with Gasteiger partial charge < -0.3 is 10.5 Å². The van der Waals surface area contributed by atoms with E-state index in [0.717, 1.165) is 6.54 Å². The van der Waals surface area contributed by atoms with Crippen LogP contribution in [0.25, 0.3) is 0 Å². The molecule has 0 saturated carbocycles. The van der Waals surface area contributed by atoms with Gasteiger partial charge in [0.15, 0.2) is 0 Å². The van der Waals surface area contributed by atoms with Gasteiger partial charge in [0.25, 0.3) is 0 Å². The summed E-state index contributed by atoms with van der Waals surface area (Å²) in [7, 11) is 0. The Morgan fingerprint density at radius 3 is 2.79 bits per heavy atom. The first-order valence-corrected chi connectivity index (χ1v) is 5.96. The van der Waals surface area contributed by atoms with Gasteiger partial charge in [0.05, 0.1) is 17.7 Å². The topological polar surface area (TPSA) is 38.5 Å². The zero-order valence-corrected chi connectivity index (χ0v) is 8.74. The Balaban J connectivity index is 1.83. The van der Waals surface area contributed by atoms with Crippen molar-refractivity contribution in [1.82, 2.24) is 4.90 Å². The number of nitrogens with zero attached hydrogens (tertiary/aromatic N) is 1. The second-order valence-electron chi connectivity index (χ2n) is 5.01. The summed E-state index contributed by atoms with van der Waals surface area (Å²) in [4.78, 5) is 2.57. The van der Waals surface area contributed by atoms with Gasteiger partial charge in [-0.3, -0.25) is 4.90 Å². The minimum atomic E-state index is 0.214. The smallest absolute Gasteiger partial charge is 0.0775 e. The van der Waals surface area contributed by atoms with Gasteiger partial charge in [0.1, 0.15) is 0 Å². The summed E-state index contributed by atoms with van der Waals surface area (Å²) >= 11 is 0. The van der Waals surface area contributed by atoms with E-state index < -0.39 is 0 Å². The van der Waals surface area contributed by atoms with Crippen LogP contribution in [0, 0.1) is 0 Å². The lowest BCUT2D eigenvalue weighted by Gasteiger charge is -2.53. The van der Waals surface area contributed by atoms with E-state index in [2.05, 4.69) is 4.90 Å². The maximum absolute atomic E-state index is 6.04. The molecule has 3 fully saturated rings. The minimum absolute atomic E-state index is 0.214. The molecule has 80 valence electrons. The van der Waals surface area contributed by atoms with Crippen molar-refractivity contribution in [3.05, 3.63) is 0 Å². The van der Waals surface area contributed by atoms with Crippen molar-refractivity contribution in [2.45, 2.75) is 49.9 Å². The molecule has 3 nitrogen and oxygen atoms in total. The van der Waals surface area contributed by atoms with E-state index in [1.165, 1.54) is 45.2 Å². The van der Waals surface area contributed by atoms with Gasteiger partial charge in [-0.25, -0.2) is 0 Å². The van der Waals surface area contributed by atoms with Crippen LogP contribution in [0.4, 0.5) is 0 Å². The van der Waals surface area contributed by atoms with E-state index in [-0.39, 0.29) is 5.54 Å². The third kappa shape index (κ3) is 1.09. The monoisotopic (exact) mass is 196 g/mol. The van der Waals surface area contributed by atoms with Gasteiger partial charge in [0, 0.05) is 19.6 Å². The Hall–Kier alpha value is -0.120. The Kier molecular flexibility index (Phi) is 2.08. The molecule has 3 heteroatoms. The van der Waals surface area contributed by atoms with Crippen LogP contribution in [0.3, 0.4) is 0 Å². The van der Waals surface area contributed by atoms with Crippen LogP contribution >= 0.6 is 0 Å². The largest absolute Gasteiger partial charge is 0.373 e. The average molecular weight is 196 g/mol. The fourth-order valence-corrected chi connectivity index (χ4v) is 3.37. The Morgan fingerprint density at radius 1 is 1.29 bits per heavy atom. The van der Waals surface area contributed by atoms with E-state index >= 15 is 0 Å². The Bertz CT molecular complexity index is 229. The first kappa shape index (κ1) is 9.13. The molecule has 0 aromatic carbocycles. The Morgan fingerprint density at radius 2 is 2.14 bits per heavy atom. The molecule has 0 aliphatic carbocycles. The summed E-state index contributed by atoms with van der Waals surface area (Å²) in [6, 6.07) is 0. The van der Waals surface area contributed by atoms with Crippen molar-refractivity contribution in [3.8, 4) is 0 Å². The fraction of sp³-hybridized carbons (Fsp3) is 1.00. The second-order valence-corrected chi connectivity index (χ2v) is 5.01. The SMILES string of the molecule is NCC1(N2CCC2)CCC2CCC1O2. The highest BCUT2D eigenvalue weighted by molar-refractivity contribution is 5.06. The molecule has 0 aromatic rings. The van der Waals surface area contributed by atoms with Crippen molar-refractivity contribution < 1.29 is 4.74 Å². The maximum Gasteiger partial charge on any atom is 0.0775 e. The third-order valence-electron chi connectivity index (χ3n) is 4.45. The molecule has 3 aliphatic heterocycles. The van der Waals surface area contributed by atoms with E-state index in [0.29, 0.717) is 12.2 Å². The summed E-state index contributed by atoms with van der Waals surface area (Å²) in [6.07, 6.45) is 7.33. The normalized spacial score (nSPS) is 47.8. The summed E-state index contributed by atoms with van der Waals surface area (Å²) in [5.74, 6) is 0. The number of nitrogens with two attached hydrogens (primary N) is 1. The first-order valence-electron chi connectivity index (χ1n) is 5.96. The number of fused-ring (bicyclic) bond motifs is 2. The van der Waals surface area contributed by atoms with Crippen LogP contribution in [0.15, 0.2) is 0 Å². The Labute approximate surface area is 85.6 Å². The zero-order chi connectivity index (χ0) is 9.60.